The molecule has 1 atom stereocenters. The minimum absolute atomic E-state index is 0.0108. The number of anilines is 1. The molecule has 2 saturated carbocycles. The lowest BCUT2D eigenvalue weighted by atomic mass is 9.88. The number of rotatable bonds is 10. The van der Waals surface area contributed by atoms with E-state index >= 15 is 0 Å². The molecule has 3 heterocycles. The van der Waals surface area contributed by atoms with Gasteiger partial charge in [-0.05, 0) is 69.4 Å². The van der Waals surface area contributed by atoms with Crippen molar-refractivity contribution in [3.63, 3.8) is 0 Å². The number of aromatic nitrogens is 4. The molecule has 0 unspecified atom stereocenters. The van der Waals surface area contributed by atoms with E-state index in [2.05, 4.69) is 25.7 Å². The molecule has 0 bridgehead atoms. The predicted molar refractivity (Wildman–Crippen MR) is 133 cm³/mol. The third-order valence-electron chi connectivity index (χ3n) is 6.77. The van der Waals surface area contributed by atoms with Crippen molar-refractivity contribution in [2.45, 2.75) is 58.0 Å². The summed E-state index contributed by atoms with van der Waals surface area (Å²) in [6.45, 7) is 3.90. The molecule has 2 amide bonds. The zero-order valence-electron chi connectivity index (χ0n) is 20.2. The maximum atomic E-state index is 13.5. The molecule has 9 nitrogen and oxygen atoms in total. The van der Waals surface area contributed by atoms with Crippen LogP contribution in [0, 0.1) is 23.6 Å². The largest absolute Gasteiger partial charge is 0.339 e. The number of carbonyl (C=O) groups is 2. The summed E-state index contributed by atoms with van der Waals surface area (Å²) in [4.78, 5) is 45.4. The summed E-state index contributed by atoms with van der Waals surface area (Å²) in [5.41, 5.74) is 0.308. The number of pyridine rings is 1. The Hall–Kier alpha value is -3.34. The second-order valence-electron chi connectivity index (χ2n) is 9.91. The van der Waals surface area contributed by atoms with E-state index in [0.717, 1.165) is 31.9 Å². The number of halogens is 1. The van der Waals surface area contributed by atoms with Crippen LogP contribution in [-0.4, -0.2) is 37.6 Å². The van der Waals surface area contributed by atoms with Crippen LogP contribution in [0.3, 0.4) is 0 Å². The molecule has 36 heavy (non-hydrogen) atoms. The SMILES string of the molecule is CC(C)n1nccc1C(=O)N[C@H](C(=O)Nc1cnc(Cc2cc(F)c[nH]c2=O)s1)C(C1CC1)C1CC1. The summed E-state index contributed by atoms with van der Waals surface area (Å²) in [5, 5.41) is 11.3. The minimum atomic E-state index is -0.676. The van der Waals surface area contributed by atoms with Crippen molar-refractivity contribution >= 4 is 28.2 Å². The number of carbonyl (C=O) groups excluding carboxylic acids is 2. The molecule has 0 spiro atoms. The van der Waals surface area contributed by atoms with Gasteiger partial charge >= 0.3 is 0 Å². The van der Waals surface area contributed by atoms with E-state index in [1.807, 2.05) is 13.8 Å². The third kappa shape index (κ3) is 5.40. The van der Waals surface area contributed by atoms with Crippen LogP contribution in [-0.2, 0) is 11.2 Å². The first-order chi connectivity index (χ1) is 17.3. The number of nitrogens with one attached hydrogen (secondary N) is 3. The Morgan fingerprint density at radius 2 is 1.97 bits per heavy atom. The molecule has 11 heteroatoms. The first-order valence-corrected chi connectivity index (χ1v) is 13.1. The Labute approximate surface area is 211 Å². The predicted octanol–water partition coefficient (Wildman–Crippen LogP) is 3.51. The monoisotopic (exact) mass is 512 g/mol. The molecular formula is C25H29FN6O3S. The first-order valence-electron chi connectivity index (χ1n) is 12.3. The van der Waals surface area contributed by atoms with Crippen molar-refractivity contribution < 1.29 is 14.0 Å². The van der Waals surface area contributed by atoms with E-state index in [9.17, 15) is 18.8 Å². The standard InChI is InChI=1S/C25H29FN6O3S/c1-13(2)32-18(7-8-29-32)24(34)31-22(21(14-3-4-14)15-5-6-15)25(35)30-20-12-27-19(36-20)10-16-9-17(26)11-28-23(16)33/h7-9,11-15,21-22H,3-6,10H2,1-2H3,(H,28,33)(H,30,35)(H,31,34)/t22-/m0/s1. The molecule has 2 aliphatic rings. The summed E-state index contributed by atoms with van der Waals surface area (Å²) in [6.07, 6.45) is 8.55. The third-order valence-corrected chi connectivity index (χ3v) is 7.68. The van der Waals surface area contributed by atoms with E-state index in [-0.39, 0.29) is 41.3 Å². The van der Waals surface area contributed by atoms with Crippen molar-refractivity contribution in [1.82, 2.24) is 25.1 Å². The van der Waals surface area contributed by atoms with E-state index in [1.165, 1.54) is 23.6 Å². The van der Waals surface area contributed by atoms with Gasteiger partial charge in [0.2, 0.25) is 5.91 Å². The van der Waals surface area contributed by atoms with E-state index in [0.29, 0.717) is 27.5 Å². The molecule has 3 aromatic rings. The highest BCUT2D eigenvalue weighted by Crippen LogP contribution is 2.51. The van der Waals surface area contributed by atoms with Crippen molar-refractivity contribution in [1.29, 1.82) is 0 Å². The Kier molecular flexibility index (Phi) is 6.74. The van der Waals surface area contributed by atoms with Crippen LogP contribution >= 0.6 is 11.3 Å². The van der Waals surface area contributed by atoms with Crippen molar-refractivity contribution in [3.8, 4) is 0 Å². The molecule has 2 fully saturated rings. The second kappa shape index (κ2) is 9.96. The van der Waals surface area contributed by atoms with E-state index < -0.39 is 11.9 Å². The number of H-pyrrole nitrogens is 1. The van der Waals surface area contributed by atoms with Gasteiger partial charge in [0, 0.05) is 30.4 Å². The van der Waals surface area contributed by atoms with Gasteiger partial charge in [-0.3, -0.25) is 19.1 Å². The summed E-state index contributed by atoms with van der Waals surface area (Å²) in [6, 6.07) is 2.18. The zero-order chi connectivity index (χ0) is 25.4. The number of hydrogen-bond donors (Lipinski definition) is 3. The number of amides is 2. The Balaban J connectivity index is 1.33. The minimum Gasteiger partial charge on any atom is -0.339 e. The van der Waals surface area contributed by atoms with Gasteiger partial charge in [-0.15, -0.1) is 11.3 Å². The van der Waals surface area contributed by atoms with Gasteiger partial charge in [0.15, 0.2) is 0 Å². The van der Waals surface area contributed by atoms with Gasteiger partial charge in [0.1, 0.15) is 22.6 Å². The lowest BCUT2D eigenvalue weighted by molar-refractivity contribution is -0.119. The van der Waals surface area contributed by atoms with Crippen LogP contribution in [0.15, 0.2) is 35.5 Å². The molecule has 190 valence electrons. The number of nitrogens with zero attached hydrogens (tertiary/aromatic N) is 3. The van der Waals surface area contributed by atoms with Gasteiger partial charge in [-0.25, -0.2) is 9.37 Å². The van der Waals surface area contributed by atoms with Crippen LogP contribution in [0.2, 0.25) is 0 Å². The van der Waals surface area contributed by atoms with Gasteiger partial charge in [0.05, 0.1) is 11.2 Å². The van der Waals surface area contributed by atoms with Crippen LogP contribution in [0.25, 0.3) is 0 Å². The molecule has 0 radical (unpaired) electrons. The molecule has 0 aliphatic heterocycles. The fourth-order valence-corrected chi connectivity index (χ4v) is 5.64. The highest BCUT2D eigenvalue weighted by Gasteiger charge is 2.48. The maximum absolute atomic E-state index is 13.5. The summed E-state index contributed by atoms with van der Waals surface area (Å²) in [5.74, 6) is -0.175. The second-order valence-corrected chi connectivity index (χ2v) is 11.0. The fraction of sp³-hybridized carbons (Fsp3) is 0.480. The smallest absolute Gasteiger partial charge is 0.270 e. The number of hydrogen-bond acceptors (Lipinski definition) is 6. The fourth-order valence-electron chi connectivity index (χ4n) is 4.79. The Bertz CT molecular complexity index is 1310. The summed E-state index contributed by atoms with van der Waals surface area (Å²) >= 11 is 1.23. The topological polar surface area (TPSA) is 122 Å². The lowest BCUT2D eigenvalue weighted by Gasteiger charge is -2.27. The lowest BCUT2D eigenvalue weighted by Crippen LogP contribution is -2.50. The molecule has 3 aromatic heterocycles. The van der Waals surface area contributed by atoms with E-state index in [4.69, 9.17) is 0 Å². The average molecular weight is 513 g/mol. The highest BCUT2D eigenvalue weighted by molar-refractivity contribution is 7.15. The normalized spacial score (nSPS) is 16.4. The zero-order valence-corrected chi connectivity index (χ0v) is 21.0. The molecule has 0 saturated heterocycles. The van der Waals surface area contributed by atoms with E-state index in [1.54, 1.807) is 16.9 Å². The van der Waals surface area contributed by atoms with Crippen LogP contribution in [0.5, 0.6) is 0 Å². The highest BCUT2D eigenvalue weighted by atomic mass is 32.1. The van der Waals surface area contributed by atoms with Gasteiger partial charge in [-0.1, -0.05) is 0 Å². The van der Waals surface area contributed by atoms with Gasteiger partial charge < -0.3 is 15.6 Å². The number of aromatic amines is 1. The van der Waals surface area contributed by atoms with Crippen LogP contribution < -0.4 is 16.2 Å². The molecule has 0 aromatic carbocycles. The van der Waals surface area contributed by atoms with Crippen LogP contribution in [0.4, 0.5) is 9.39 Å². The van der Waals surface area contributed by atoms with Crippen molar-refractivity contribution in [2.75, 3.05) is 5.32 Å². The molecule has 2 aliphatic carbocycles. The summed E-state index contributed by atoms with van der Waals surface area (Å²) < 4.78 is 15.2. The van der Waals surface area contributed by atoms with Crippen molar-refractivity contribution in [2.24, 2.45) is 17.8 Å². The molecule has 5 rings (SSSR count). The average Bonchev–Trinajstić information content (AvgIpc) is 3.76. The summed E-state index contributed by atoms with van der Waals surface area (Å²) in [7, 11) is 0. The number of thiazole rings is 1. The first kappa shape index (κ1) is 24.4. The van der Waals surface area contributed by atoms with Crippen LogP contribution in [0.1, 0.15) is 66.6 Å². The Morgan fingerprint density at radius 3 is 2.64 bits per heavy atom. The van der Waals surface area contributed by atoms with Gasteiger partial charge in [0.25, 0.3) is 11.5 Å². The van der Waals surface area contributed by atoms with Crippen molar-refractivity contribution in [3.05, 3.63) is 63.2 Å². The molecular weight excluding hydrogens is 483 g/mol. The van der Waals surface area contributed by atoms with Gasteiger partial charge in [-0.2, -0.15) is 5.10 Å². The molecule has 3 N–H and O–H groups in total. The maximum Gasteiger partial charge on any atom is 0.270 e. The quantitative estimate of drug-likeness (QED) is 0.384. The Morgan fingerprint density at radius 1 is 1.25 bits per heavy atom.